The van der Waals surface area contributed by atoms with Gasteiger partial charge in [-0.2, -0.15) is 0 Å². The fraction of sp³-hybridized carbons (Fsp3) is 0.160. The maximum Gasteiger partial charge on any atom is 0.573 e. The lowest BCUT2D eigenvalue weighted by atomic mass is 9.95. The first kappa shape index (κ1) is 24.6. The number of aliphatic hydroxyl groups is 1. The van der Waals surface area contributed by atoms with Crippen LogP contribution in [0.4, 0.5) is 18.9 Å². The Labute approximate surface area is 203 Å². The first-order valence-electron chi connectivity index (χ1n) is 10.4. The average molecular weight is 500 g/mol. The number of aromatic nitrogens is 1. The normalized spacial score (nSPS) is 17.2. The molecule has 1 saturated heterocycles. The Hall–Kier alpha value is -4.54. The second-order valence-corrected chi connectivity index (χ2v) is 7.53. The molecular formula is C25H19F3N2O6. The number of rotatable bonds is 6. The number of alkyl halides is 3. The summed E-state index contributed by atoms with van der Waals surface area (Å²) in [6.45, 7) is 0. The highest BCUT2D eigenvalue weighted by atomic mass is 19.4. The molecular weight excluding hydrogens is 481 g/mol. The standard InChI is InChI=1S/C25H19F3N2O6/c1-34-17-6-3-7-18(35-2)19(17)22(31)20-21(14-5-4-12-29-13-14)30(24(33)23(20)32)15-8-10-16(11-9-15)36-25(26,27)28/h3-13,21,31H,1-2H3/b22-20+. The first-order chi connectivity index (χ1) is 17.2. The Bertz CT molecular complexity index is 1300. The van der Waals surface area contributed by atoms with Crippen LogP contribution in [0.1, 0.15) is 17.2 Å². The van der Waals surface area contributed by atoms with Crippen LogP contribution >= 0.6 is 0 Å². The van der Waals surface area contributed by atoms with Crippen LogP contribution in [-0.4, -0.2) is 42.4 Å². The molecule has 1 aliphatic heterocycles. The second-order valence-electron chi connectivity index (χ2n) is 7.53. The van der Waals surface area contributed by atoms with E-state index in [9.17, 15) is 27.9 Å². The number of carbonyl (C=O) groups is 2. The molecule has 1 fully saturated rings. The molecule has 1 aliphatic rings. The van der Waals surface area contributed by atoms with Crippen LogP contribution < -0.4 is 19.1 Å². The topological polar surface area (TPSA) is 98.2 Å². The van der Waals surface area contributed by atoms with Crippen molar-refractivity contribution in [2.45, 2.75) is 12.4 Å². The zero-order chi connectivity index (χ0) is 26.0. The van der Waals surface area contributed by atoms with E-state index in [-0.39, 0.29) is 28.3 Å². The average Bonchev–Trinajstić information content (AvgIpc) is 3.13. The smallest absolute Gasteiger partial charge is 0.506 e. The largest absolute Gasteiger partial charge is 0.573 e. The van der Waals surface area contributed by atoms with Crippen LogP contribution in [0.15, 0.2) is 72.6 Å². The predicted molar refractivity (Wildman–Crippen MR) is 122 cm³/mol. The number of methoxy groups -OCH3 is 2. The number of amides is 1. The minimum atomic E-state index is -4.89. The molecule has 0 spiro atoms. The Morgan fingerprint density at radius 1 is 0.972 bits per heavy atom. The highest BCUT2D eigenvalue weighted by Gasteiger charge is 2.47. The number of carbonyl (C=O) groups excluding carboxylic acids is 2. The molecule has 1 aromatic heterocycles. The fourth-order valence-corrected chi connectivity index (χ4v) is 3.98. The van der Waals surface area contributed by atoms with Gasteiger partial charge in [-0.25, -0.2) is 0 Å². The summed E-state index contributed by atoms with van der Waals surface area (Å²) >= 11 is 0. The summed E-state index contributed by atoms with van der Waals surface area (Å²) in [6, 6.07) is 11.2. The maximum absolute atomic E-state index is 13.3. The van der Waals surface area contributed by atoms with E-state index in [1.807, 2.05) is 0 Å². The number of halogens is 3. The summed E-state index contributed by atoms with van der Waals surface area (Å²) in [5, 5.41) is 11.4. The first-order valence-corrected chi connectivity index (χ1v) is 10.4. The van der Waals surface area contributed by atoms with Crippen LogP contribution in [-0.2, 0) is 9.59 Å². The number of ketones is 1. The van der Waals surface area contributed by atoms with Gasteiger partial charge in [0.15, 0.2) is 0 Å². The van der Waals surface area contributed by atoms with Crippen LogP contribution in [0.25, 0.3) is 5.76 Å². The van der Waals surface area contributed by atoms with Gasteiger partial charge in [-0.3, -0.25) is 19.5 Å². The molecule has 2 aromatic carbocycles. The van der Waals surface area contributed by atoms with Crippen molar-refractivity contribution in [3.8, 4) is 17.2 Å². The van der Waals surface area contributed by atoms with Gasteiger partial charge in [-0.1, -0.05) is 12.1 Å². The molecule has 2 heterocycles. The van der Waals surface area contributed by atoms with Gasteiger partial charge >= 0.3 is 6.36 Å². The Morgan fingerprint density at radius 3 is 2.14 bits per heavy atom. The van der Waals surface area contributed by atoms with Crippen molar-refractivity contribution in [2.24, 2.45) is 0 Å². The molecule has 3 aromatic rings. The van der Waals surface area contributed by atoms with Crippen molar-refractivity contribution in [3.63, 3.8) is 0 Å². The molecule has 1 N–H and O–H groups in total. The minimum absolute atomic E-state index is 0.0586. The molecule has 11 heteroatoms. The third kappa shape index (κ3) is 4.54. The van der Waals surface area contributed by atoms with Crippen molar-refractivity contribution < 1.29 is 42.1 Å². The zero-order valence-corrected chi connectivity index (χ0v) is 18.9. The lowest BCUT2D eigenvalue weighted by Crippen LogP contribution is -2.29. The Morgan fingerprint density at radius 2 is 1.61 bits per heavy atom. The Kier molecular flexibility index (Phi) is 6.56. The van der Waals surface area contributed by atoms with Gasteiger partial charge in [0.1, 0.15) is 28.6 Å². The zero-order valence-electron chi connectivity index (χ0n) is 18.9. The molecule has 0 aliphatic carbocycles. The summed E-state index contributed by atoms with van der Waals surface area (Å²) < 4.78 is 52.3. The highest BCUT2D eigenvalue weighted by molar-refractivity contribution is 6.51. The van der Waals surface area contributed by atoms with Gasteiger partial charge in [0, 0.05) is 18.1 Å². The molecule has 0 saturated carbocycles. The lowest BCUT2D eigenvalue weighted by Gasteiger charge is -2.25. The second kappa shape index (κ2) is 9.61. The molecule has 36 heavy (non-hydrogen) atoms. The molecule has 0 radical (unpaired) electrons. The van der Waals surface area contributed by atoms with Crippen molar-refractivity contribution in [3.05, 3.63) is 83.7 Å². The molecule has 186 valence electrons. The molecule has 0 bridgehead atoms. The van der Waals surface area contributed by atoms with Crippen LogP contribution in [0.3, 0.4) is 0 Å². The number of aliphatic hydroxyl groups excluding tert-OH is 1. The molecule has 1 atom stereocenters. The molecule has 1 amide bonds. The van der Waals surface area contributed by atoms with E-state index in [0.717, 1.165) is 17.0 Å². The van der Waals surface area contributed by atoms with Crippen molar-refractivity contribution >= 4 is 23.1 Å². The quantitative estimate of drug-likeness (QED) is 0.300. The van der Waals surface area contributed by atoms with E-state index in [4.69, 9.17) is 9.47 Å². The SMILES string of the molecule is COc1cccc(OC)c1/C(O)=C1\C(=O)C(=O)N(c2ccc(OC(F)(F)F)cc2)C1c1cccnc1. The maximum atomic E-state index is 13.3. The number of benzene rings is 2. The highest BCUT2D eigenvalue weighted by Crippen LogP contribution is 2.45. The van der Waals surface area contributed by atoms with Crippen molar-refractivity contribution in [1.29, 1.82) is 0 Å². The number of nitrogens with zero attached hydrogens (tertiary/aromatic N) is 2. The van der Waals surface area contributed by atoms with E-state index in [2.05, 4.69) is 9.72 Å². The molecule has 1 unspecified atom stereocenters. The van der Waals surface area contributed by atoms with Gasteiger partial charge in [0.2, 0.25) is 0 Å². The third-order valence-corrected chi connectivity index (χ3v) is 5.46. The predicted octanol–water partition coefficient (Wildman–Crippen LogP) is 4.62. The summed E-state index contributed by atoms with van der Waals surface area (Å²) in [4.78, 5) is 31.6. The van der Waals surface area contributed by atoms with Gasteiger partial charge in [-0.15, -0.1) is 13.2 Å². The Balaban J connectivity index is 1.90. The van der Waals surface area contributed by atoms with Gasteiger partial charge < -0.3 is 19.3 Å². The summed E-state index contributed by atoms with van der Waals surface area (Å²) in [5.41, 5.74) is 0.268. The van der Waals surface area contributed by atoms with Gasteiger partial charge in [-0.05, 0) is 48.0 Å². The number of hydrogen-bond donors (Lipinski definition) is 1. The molecule has 4 rings (SSSR count). The number of pyridine rings is 1. The number of Topliss-reactive ketones (excluding diaryl/α,β-unsaturated/α-hetero) is 1. The number of anilines is 1. The van der Waals surface area contributed by atoms with Crippen LogP contribution in [0.2, 0.25) is 0 Å². The summed E-state index contributed by atoms with van der Waals surface area (Å²) in [6.07, 6.45) is -1.99. The number of hydrogen-bond acceptors (Lipinski definition) is 7. The molecule has 8 nitrogen and oxygen atoms in total. The van der Waals surface area contributed by atoms with E-state index >= 15 is 0 Å². The van der Waals surface area contributed by atoms with E-state index < -0.39 is 35.6 Å². The monoisotopic (exact) mass is 500 g/mol. The van der Waals surface area contributed by atoms with Gasteiger partial charge in [0.25, 0.3) is 11.7 Å². The number of ether oxygens (including phenoxy) is 3. The van der Waals surface area contributed by atoms with Crippen LogP contribution in [0, 0.1) is 0 Å². The van der Waals surface area contributed by atoms with Crippen molar-refractivity contribution in [2.75, 3.05) is 19.1 Å². The lowest BCUT2D eigenvalue weighted by molar-refractivity contribution is -0.274. The van der Waals surface area contributed by atoms with Crippen LogP contribution in [0.5, 0.6) is 17.2 Å². The van der Waals surface area contributed by atoms with Crippen molar-refractivity contribution in [1.82, 2.24) is 4.98 Å². The van der Waals surface area contributed by atoms with Gasteiger partial charge in [0.05, 0.1) is 25.8 Å². The van der Waals surface area contributed by atoms with E-state index in [0.29, 0.717) is 5.56 Å². The minimum Gasteiger partial charge on any atom is -0.506 e. The summed E-state index contributed by atoms with van der Waals surface area (Å²) in [5.74, 6) is -2.67. The third-order valence-electron chi connectivity index (χ3n) is 5.46. The van der Waals surface area contributed by atoms with E-state index in [1.165, 1.54) is 38.7 Å². The summed E-state index contributed by atoms with van der Waals surface area (Å²) in [7, 11) is 2.74. The van der Waals surface area contributed by atoms with E-state index in [1.54, 1.807) is 30.3 Å². The fourth-order valence-electron chi connectivity index (χ4n) is 3.98.